The number of piperidine rings is 1. The number of hydrogen-bond donors (Lipinski definition) is 1. The first-order valence-corrected chi connectivity index (χ1v) is 9.06. The first kappa shape index (κ1) is 18.6. The molecule has 2 saturated heterocycles. The van der Waals surface area contributed by atoms with Gasteiger partial charge in [-0.05, 0) is 19.8 Å². The van der Waals surface area contributed by atoms with Gasteiger partial charge in [-0.25, -0.2) is 4.79 Å². The number of aromatic nitrogens is 2. The van der Waals surface area contributed by atoms with Crippen molar-refractivity contribution >= 4 is 11.9 Å². The van der Waals surface area contributed by atoms with Gasteiger partial charge in [0.05, 0.1) is 5.60 Å². The maximum Gasteiger partial charge on any atom is 0.318 e. The minimum absolute atomic E-state index is 0.00458. The predicted molar refractivity (Wildman–Crippen MR) is 92.5 cm³/mol. The van der Waals surface area contributed by atoms with Crippen molar-refractivity contribution in [2.75, 3.05) is 33.3 Å². The van der Waals surface area contributed by atoms with Crippen molar-refractivity contribution in [2.24, 2.45) is 0 Å². The molecule has 0 aliphatic carbocycles. The Morgan fingerprint density at radius 3 is 2.54 bits per heavy atom. The highest BCUT2D eigenvalue weighted by molar-refractivity contribution is 5.78. The highest BCUT2D eigenvalue weighted by atomic mass is 16.5. The predicted octanol–water partition coefficient (Wildman–Crippen LogP) is 1.29. The van der Waals surface area contributed by atoms with E-state index in [9.17, 15) is 9.59 Å². The van der Waals surface area contributed by atoms with Gasteiger partial charge in [-0.1, -0.05) is 19.0 Å². The van der Waals surface area contributed by atoms with Crippen LogP contribution in [0.1, 0.15) is 57.3 Å². The zero-order valence-corrected chi connectivity index (χ0v) is 15.8. The summed E-state index contributed by atoms with van der Waals surface area (Å²) >= 11 is 0. The number of urea groups is 1. The lowest BCUT2D eigenvalue weighted by Gasteiger charge is -2.46. The van der Waals surface area contributed by atoms with E-state index in [1.807, 2.05) is 20.8 Å². The van der Waals surface area contributed by atoms with Gasteiger partial charge < -0.3 is 24.4 Å². The SMILES string of the molecule is CC(C)c1noc([C@@H](C)NC(=O)N2CCC3(CC2)CN(C)C(=O)CO3)n1. The van der Waals surface area contributed by atoms with Gasteiger partial charge >= 0.3 is 6.03 Å². The van der Waals surface area contributed by atoms with Gasteiger partial charge in [0, 0.05) is 32.6 Å². The summed E-state index contributed by atoms with van der Waals surface area (Å²) in [6.45, 7) is 7.67. The van der Waals surface area contributed by atoms with Crippen molar-refractivity contribution in [3.05, 3.63) is 11.7 Å². The van der Waals surface area contributed by atoms with Gasteiger partial charge in [0.2, 0.25) is 11.8 Å². The number of carbonyl (C=O) groups is 2. The molecule has 1 spiro atoms. The fourth-order valence-corrected chi connectivity index (χ4v) is 3.31. The standard InChI is InChI=1S/C17H27N5O4/c1-11(2)14-19-15(26-20-14)12(3)18-16(24)22-7-5-17(6-8-22)10-21(4)13(23)9-25-17/h11-12H,5-10H2,1-4H3,(H,18,24)/t12-/m1/s1. The molecule has 2 aliphatic heterocycles. The fraction of sp³-hybridized carbons (Fsp3) is 0.765. The number of hydrogen-bond acceptors (Lipinski definition) is 6. The molecule has 1 aromatic heterocycles. The van der Waals surface area contributed by atoms with E-state index in [0.29, 0.717) is 44.2 Å². The summed E-state index contributed by atoms with van der Waals surface area (Å²) in [6, 6.07) is -0.509. The molecule has 1 N–H and O–H groups in total. The van der Waals surface area contributed by atoms with Crippen LogP contribution in [0.3, 0.4) is 0 Å². The highest BCUT2D eigenvalue weighted by Crippen LogP contribution is 2.30. The Hall–Kier alpha value is -2.16. The van der Waals surface area contributed by atoms with Gasteiger partial charge in [0.25, 0.3) is 0 Å². The Bertz CT molecular complexity index is 666. The number of rotatable bonds is 3. The summed E-state index contributed by atoms with van der Waals surface area (Å²) in [6.07, 6.45) is 1.43. The van der Waals surface area contributed by atoms with E-state index in [-0.39, 0.29) is 36.1 Å². The molecule has 0 radical (unpaired) electrons. The maximum absolute atomic E-state index is 12.5. The van der Waals surface area contributed by atoms with E-state index in [2.05, 4.69) is 15.5 Å². The third kappa shape index (κ3) is 3.82. The van der Waals surface area contributed by atoms with Crippen molar-refractivity contribution in [3.8, 4) is 0 Å². The maximum atomic E-state index is 12.5. The lowest BCUT2D eigenvalue weighted by atomic mass is 9.89. The topological polar surface area (TPSA) is 101 Å². The van der Waals surface area contributed by atoms with Crippen LogP contribution < -0.4 is 5.32 Å². The molecule has 2 aliphatic rings. The van der Waals surface area contributed by atoms with E-state index in [4.69, 9.17) is 9.26 Å². The number of nitrogens with one attached hydrogen (secondary N) is 1. The summed E-state index contributed by atoms with van der Waals surface area (Å²) in [5, 5.41) is 6.84. The van der Waals surface area contributed by atoms with Crippen molar-refractivity contribution in [1.82, 2.24) is 25.3 Å². The molecule has 0 aromatic carbocycles. The third-order valence-electron chi connectivity index (χ3n) is 5.10. The second kappa shape index (κ2) is 7.22. The van der Waals surface area contributed by atoms with Crippen LogP contribution in [0.25, 0.3) is 0 Å². The fourth-order valence-electron chi connectivity index (χ4n) is 3.31. The second-order valence-electron chi connectivity index (χ2n) is 7.53. The zero-order valence-electron chi connectivity index (χ0n) is 15.8. The molecule has 1 aromatic rings. The molecule has 26 heavy (non-hydrogen) atoms. The van der Waals surface area contributed by atoms with Crippen molar-refractivity contribution in [2.45, 2.75) is 51.2 Å². The molecule has 2 fully saturated rings. The van der Waals surface area contributed by atoms with E-state index < -0.39 is 0 Å². The smallest absolute Gasteiger partial charge is 0.318 e. The summed E-state index contributed by atoms with van der Waals surface area (Å²) in [4.78, 5) is 31.9. The van der Waals surface area contributed by atoms with Gasteiger partial charge in [-0.3, -0.25) is 4.79 Å². The van der Waals surface area contributed by atoms with Gasteiger partial charge in [-0.2, -0.15) is 4.98 Å². The Labute approximate surface area is 153 Å². The number of morpholine rings is 1. The molecule has 0 unspecified atom stereocenters. The number of likely N-dealkylation sites (N-methyl/N-ethyl adjacent to an activating group) is 1. The largest absolute Gasteiger partial charge is 0.363 e. The van der Waals surface area contributed by atoms with Gasteiger partial charge in [-0.15, -0.1) is 0 Å². The van der Waals surface area contributed by atoms with Crippen LogP contribution in [0.15, 0.2) is 4.52 Å². The molecule has 9 nitrogen and oxygen atoms in total. The normalized spacial score (nSPS) is 21.3. The van der Waals surface area contributed by atoms with Crippen LogP contribution in [-0.4, -0.2) is 70.8 Å². The first-order valence-electron chi connectivity index (χ1n) is 9.06. The van der Waals surface area contributed by atoms with Gasteiger partial charge in [0.15, 0.2) is 5.82 Å². The highest BCUT2D eigenvalue weighted by Gasteiger charge is 2.42. The number of carbonyl (C=O) groups excluding carboxylic acids is 2. The number of ether oxygens (including phenoxy) is 1. The van der Waals surface area contributed by atoms with Crippen LogP contribution in [0.2, 0.25) is 0 Å². The minimum atomic E-state index is -0.354. The minimum Gasteiger partial charge on any atom is -0.363 e. The molecule has 1 atom stereocenters. The molecule has 3 rings (SSSR count). The quantitative estimate of drug-likeness (QED) is 0.866. The Morgan fingerprint density at radius 1 is 1.27 bits per heavy atom. The molecule has 144 valence electrons. The number of likely N-dealkylation sites (tertiary alicyclic amines) is 1. The summed E-state index contributed by atoms with van der Waals surface area (Å²) in [5.74, 6) is 1.22. The van der Waals surface area contributed by atoms with Crippen LogP contribution in [0.5, 0.6) is 0 Å². The monoisotopic (exact) mass is 365 g/mol. The lowest BCUT2D eigenvalue weighted by Crippen LogP contribution is -2.59. The number of amides is 3. The van der Waals surface area contributed by atoms with Crippen LogP contribution in [0, 0.1) is 0 Å². The zero-order chi connectivity index (χ0) is 18.9. The molecule has 3 heterocycles. The Morgan fingerprint density at radius 2 is 1.96 bits per heavy atom. The molecule has 0 saturated carbocycles. The summed E-state index contributed by atoms with van der Waals surface area (Å²) in [7, 11) is 1.79. The van der Waals surface area contributed by atoms with E-state index in [1.54, 1.807) is 16.8 Å². The van der Waals surface area contributed by atoms with E-state index >= 15 is 0 Å². The number of nitrogens with zero attached hydrogens (tertiary/aromatic N) is 4. The van der Waals surface area contributed by atoms with Crippen molar-refractivity contribution in [3.63, 3.8) is 0 Å². The molecular formula is C17H27N5O4. The van der Waals surface area contributed by atoms with Crippen LogP contribution in [0.4, 0.5) is 4.79 Å². The first-order chi connectivity index (χ1) is 12.3. The Balaban J connectivity index is 1.52. The average molecular weight is 365 g/mol. The molecule has 3 amide bonds. The third-order valence-corrected chi connectivity index (χ3v) is 5.10. The van der Waals surface area contributed by atoms with Crippen LogP contribution >= 0.6 is 0 Å². The molecule has 9 heteroatoms. The van der Waals surface area contributed by atoms with E-state index in [0.717, 1.165) is 0 Å². The lowest BCUT2D eigenvalue weighted by molar-refractivity contribution is -0.167. The second-order valence-corrected chi connectivity index (χ2v) is 7.53. The molecular weight excluding hydrogens is 338 g/mol. The van der Waals surface area contributed by atoms with Crippen LogP contribution in [-0.2, 0) is 9.53 Å². The van der Waals surface area contributed by atoms with Gasteiger partial charge in [0.1, 0.15) is 12.6 Å². The Kier molecular flexibility index (Phi) is 5.17. The van der Waals surface area contributed by atoms with E-state index in [1.165, 1.54) is 0 Å². The van der Waals surface area contributed by atoms with Crippen molar-refractivity contribution in [1.29, 1.82) is 0 Å². The average Bonchev–Trinajstić information content (AvgIpc) is 3.10. The summed E-state index contributed by atoms with van der Waals surface area (Å²) < 4.78 is 11.0. The summed E-state index contributed by atoms with van der Waals surface area (Å²) in [5.41, 5.74) is -0.330. The molecule has 0 bridgehead atoms. The van der Waals surface area contributed by atoms with Crippen molar-refractivity contribution < 1.29 is 18.8 Å².